The molecule has 21 heteroatoms. The van der Waals surface area contributed by atoms with Crippen molar-refractivity contribution in [2.45, 2.75) is 29.7 Å². The number of nitrogens with one attached hydrogen (secondary N) is 3. The first kappa shape index (κ1) is 41.8. The first-order chi connectivity index (χ1) is 28.2. The molecule has 8 rings (SSSR count). The maximum Gasteiger partial charge on any atom is 0.263 e. The van der Waals surface area contributed by atoms with Gasteiger partial charge in [0.05, 0.1) is 16.3 Å². The zero-order valence-corrected chi connectivity index (χ0v) is 35.6. The van der Waals surface area contributed by atoms with E-state index in [0.29, 0.717) is 47.7 Å². The Bertz CT molecular complexity index is 2690. The van der Waals surface area contributed by atoms with E-state index in [-0.39, 0.29) is 39.2 Å². The van der Waals surface area contributed by atoms with Crippen LogP contribution < -0.4 is 24.6 Å². The number of amides is 3. The predicted octanol–water partition coefficient (Wildman–Crippen LogP) is 5.18. The summed E-state index contributed by atoms with van der Waals surface area (Å²) in [5.74, 6) is -0.398. The van der Waals surface area contributed by atoms with Crippen LogP contribution in [0.1, 0.15) is 18.7 Å². The molecule has 0 spiro atoms. The van der Waals surface area contributed by atoms with Crippen LogP contribution in [0.5, 0.6) is 0 Å². The maximum atomic E-state index is 13.4. The van der Waals surface area contributed by atoms with E-state index < -0.39 is 26.1 Å². The second-order valence-electron chi connectivity index (χ2n) is 13.4. The number of halogens is 1. The number of carbonyl (C=O) groups excluding carboxylic acids is 3. The zero-order chi connectivity index (χ0) is 41.9. The van der Waals surface area contributed by atoms with Gasteiger partial charge < -0.3 is 24.6 Å². The summed E-state index contributed by atoms with van der Waals surface area (Å²) in [6, 6.07) is 19.4. The molecule has 59 heavy (non-hydrogen) atoms. The molecule has 2 saturated heterocycles. The number of carbonyl (C=O) groups is 3. The Labute approximate surface area is 353 Å². The fraction of sp³-hybridized carbons (Fsp3) is 0.237. The molecule has 0 saturated carbocycles. The molecule has 3 aromatic carbocycles. The van der Waals surface area contributed by atoms with Crippen LogP contribution in [0.2, 0.25) is 5.02 Å². The molecule has 0 radical (unpaired) electrons. The summed E-state index contributed by atoms with van der Waals surface area (Å²) in [7, 11) is -7.45. The van der Waals surface area contributed by atoms with Crippen molar-refractivity contribution in [3.63, 3.8) is 0 Å². The fourth-order valence-electron chi connectivity index (χ4n) is 6.75. The van der Waals surface area contributed by atoms with Crippen molar-refractivity contribution >= 4 is 105 Å². The average molecular weight is 896 g/mol. The van der Waals surface area contributed by atoms with E-state index in [4.69, 9.17) is 11.6 Å². The number of piperazine rings is 2. The number of benzene rings is 3. The third kappa shape index (κ3) is 9.42. The third-order valence-electron chi connectivity index (χ3n) is 9.59. The molecule has 5 heterocycles. The fourth-order valence-corrected chi connectivity index (χ4v) is 10.5. The van der Waals surface area contributed by atoms with Gasteiger partial charge in [-0.2, -0.15) is 0 Å². The van der Waals surface area contributed by atoms with E-state index >= 15 is 0 Å². The molecule has 2 fully saturated rings. The van der Waals surface area contributed by atoms with E-state index in [1.165, 1.54) is 59.3 Å². The molecule has 3 N–H and O–H groups in total. The number of aryl methyl sites for hydroxylation is 1. The molecule has 1 unspecified atom stereocenters. The molecule has 1 atom stereocenters. The van der Waals surface area contributed by atoms with Gasteiger partial charge in [-0.15, -0.1) is 22.7 Å². The monoisotopic (exact) mass is 895 g/mol. The Morgan fingerprint density at radius 2 is 1.34 bits per heavy atom. The summed E-state index contributed by atoms with van der Waals surface area (Å²) in [5.41, 5.74) is 3.11. The molecule has 3 amide bonds. The van der Waals surface area contributed by atoms with Gasteiger partial charge in [-0.25, -0.2) is 26.8 Å². The van der Waals surface area contributed by atoms with Crippen molar-refractivity contribution < 1.29 is 31.2 Å². The van der Waals surface area contributed by atoms with Gasteiger partial charge in [0.25, 0.3) is 20.0 Å². The van der Waals surface area contributed by atoms with Crippen LogP contribution in [0, 0.1) is 6.92 Å². The van der Waals surface area contributed by atoms with Crippen molar-refractivity contribution in [2.75, 3.05) is 58.5 Å². The van der Waals surface area contributed by atoms with Crippen LogP contribution in [-0.4, -0.2) is 93.3 Å². The lowest BCUT2D eigenvalue weighted by Crippen LogP contribution is -2.53. The van der Waals surface area contributed by atoms with Crippen LogP contribution in [0.25, 0.3) is 10.9 Å². The lowest BCUT2D eigenvalue weighted by Gasteiger charge is -2.36. The SMILES string of the molecule is Cc1cc2cc(Cl)ccc2n1C(C)C(=O)N1CCN(c2ccc(S(=O)(=O)Nc3nccs3)cc2)C(=O)C1.O=C1CNCCN1c1ccc(S(=O)(=O)Nc2nccs2)cc1. The van der Waals surface area contributed by atoms with E-state index in [1.807, 2.05) is 36.6 Å². The molecule has 0 bridgehead atoms. The van der Waals surface area contributed by atoms with Crippen LogP contribution in [0.3, 0.4) is 0 Å². The number of hydrogen-bond acceptors (Lipinski definition) is 12. The average Bonchev–Trinajstić information content (AvgIpc) is 3.99. The van der Waals surface area contributed by atoms with Crippen molar-refractivity contribution in [1.82, 2.24) is 24.8 Å². The van der Waals surface area contributed by atoms with Crippen LogP contribution in [0.15, 0.2) is 106 Å². The van der Waals surface area contributed by atoms with Gasteiger partial charge in [0.2, 0.25) is 17.7 Å². The highest BCUT2D eigenvalue weighted by Gasteiger charge is 2.32. The van der Waals surface area contributed by atoms with Gasteiger partial charge in [-0.1, -0.05) is 11.6 Å². The first-order valence-electron chi connectivity index (χ1n) is 18.1. The maximum absolute atomic E-state index is 13.4. The highest BCUT2D eigenvalue weighted by molar-refractivity contribution is 7.93. The Morgan fingerprint density at radius 3 is 1.85 bits per heavy atom. The molecule has 2 aliphatic heterocycles. The van der Waals surface area contributed by atoms with Crippen molar-refractivity contribution in [1.29, 1.82) is 0 Å². The number of thiazole rings is 2. The largest absolute Gasteiger partial charge is 0.333 e. The van der Waals surface area contributed by atoms with Gasteiger partial charge in [-0.05, 0) is 86.6 Å². The molecule has 16 nitrogen and oxygen atoms in total. The number of rotatable bonds is 10. The second-order valence-corrected chi connectivity index (χ2v) is 19.0. The molecule has 3 aromatic heterocycles. The number of anilines is 4. The number of aromatic nitrogens is 3. The van der Waals surface area contributed by atoms with Crippen LogP contribution >= 0.6 is 34.3 Å². The highest BCUT2D eigenvalue weighted by atomic mass is 35.5. The standard InChI is InChI=1S/C25H24ClN5O4S2.C13H14N4O3S2/c1-16-13-18-14-19(26)3-8-22(18)31(16)17(2)24(33)29-10-11-30(23(32)15-29)20-4-6-21(7-5-20)37(34,35)28-25-27-9-12-36-25;18-12-9-14-5-7-17(12)10-1-3-11(4-2-10)22(19,20)16-13-15-6-8-21-13/h3-9,12-14,17H,10-11,15H2,1-2H3,(H,27,28);1-4,6,8,14H,5,7,9H2,(H,15,16). The highest BCUT2D eigenvalue weighted by Crippen LogP contribution is 2.29. The summed E-state index contributed by atoms with van der Waals surface area (Å²) < 4.78 is 56.4. The minimum Gasteiger partial charge on any atom is -0.333 e. The molecule has 6 aromatic rings. The first-order valence-corrected chi connectivity index (χ1v) is 23.2. The molecule has 308 valence electrons. The molecule has 2 aliphatic rings. The zero-order valence-electron chi connectivity index (χ0n) is 31.6. The van der Waals surface area contributed by atoms with E-state index in [0.717, 1.165) is 23.1 Å². The number of nitrogens with zero attached hydrogens (tertiary/aromatic N) is 6. The van der Waals surface area contributed by atoms with Crippen LogP contribution in [-0.2, 0) is 34.4 Å². The Morgan fingerprint density at radius 1 is 0.780 bits per heavy atom. The Balaban J connectivity index is 0.000000204. The minimum absolute atomic E-state index is 0.0252. The lowest BCUT2D eigenvalue weighted by molar-refractivity contribution is -0.139. The Hall–Kier alpha value is -5.38. The van der Waals surface area contributed by atoms with Crippen molar-refractivity contribution in [2.24, 2.45) is 0 Å². The molecular formula is C38H38ClN9O7S4. The van der Waals surface area contributed by atoms with Crippen LogP contribution in [0.4, 0.5) is 21.6 Å². The summed E-state index contributed by atoms with van der Waals surface area (Å²) in [6.45, 7) is 5.98. The summed E-state index contributed by atoms with van der Waals surface area (Å²) in [6.07, 6.45) is 3.04. The van der Waals surface area contributed by atoms with E-state index in [2.05, 4.69) is 24.7 Å². The van der Waals surface area contributed by atoms with Gasteiger partial charge in [0, 0.05) is 82.3 Å². The quantitative estimate of drug-likeness (QED) is 0.165. The predicted molar refractivity (Wildman–Crippen MR) is 229 cm³/mol. The van der Waals surface area contributed by atoms with Gasteiger partial charge in [0.15, 0.2) is 10.3 Å². The summed E-state index contributed by atoms with van der Waals surface area (Å²) >= 11 is 8.51. The van der Waals surface area contributed by atoms with Gasteiger partial charge >= 0.3 is 0 Å². The van der Waals surface area contributed by atoms with E-state index in [9.17, 15) is 31.2 Å². The smallest absolute Gasteiger partial charge is 0.263 e. The molecular weight excluding hydrogens is 858 g/mol. The number of sulfonamides is 2. The third-order valence-corrected chi connectivity index (χ3v) is 14.2. The number of hydrogen-bond donors (Lipinski definition) is 3. The summed E-state index contributed by atoms with van der Waals surface area (Å²) in [5, 5.41) is 8.55. The van der Waals surface area contributed by atoms with Crippen molar-refractivity contribution in [3.8, 4) is 0 Å². The van der Waals surface area contributed by atoms with Gasteiger partial charge in [0.1, 0.15) is 12.6 Å². The van der Waals surface area contributed by atoms with Gasteiger partial charge in [-0.3, -0.25) is 23.8 Å². The molecule has 0 aliphatic carbocycles. The van der Waals surface area contributed by atoms with E-state index in [1.54, 1.807) is 55.8 Å². The topological polar surface area (TPSA) is 196 Å². The minimum atomic E-state index is -3.79. The van der Waals surface area contributed by atoms with Crippen molar-refractivity contribution in [3.05, 3.63) is 107 Å². The number of fused-ring (bicyclic) bond motifs is 1. The normalized spacial score (nSPS) is 15.5. The summed E-state index contributed by atoms with van der Waals surface area (Å²) in [4.78, 5) is 51.0. The lowest BCUT2D eigenvalue weighted by atomic mass is 10.2. The second kappa shape index (κ2) is 17.5. The Kier molecular flexibility index (Phi) is 12.4.